The first-order chi connectivity index (χ1) is 11.7. The number of hydrogen-bond donors (Lipinski definition) is 1. The van der Waals surface area contributed by atoms with E-state index in [0.717, 1.165) is 13.0 Å². The molecule has 128 valence electrons. The molecule has 24 heavy (non-hydrogen) atoms. The summed E-state index contributed by atoms with van der Waals surface area (Å²) in [6.07, 6.45) is 2.42. The zero-order valence-electron chi connectivity index (χ0n) is 15.0. The van der Waals surface area contributed by atoms with E-state index in [-0.39, 0.29) is 0 Å². The van der Waals surface area contributed by atoms with E-state index in [1.807, 2.05) is 0 Å². The molecule has 2 aromatic rings. The monoisotopic (exact) mass is 339 g/mol. The third kappa shape index (κ3) is 3.64. The number of nitrogens with zero attached hydrogens (tertiary/aromatic N) is 1. The summed E-state index contributed by atoms with van der Waals surface area (Å²) in [5.41, 5.74) is 5.68. The van der Waals surface area contributed by atoms with Gasteiger partial charge in [-0.1, -0.05) is 71.0 Å². The summed E-state index contributed by atoms with van der Waals surface area (Å²) in [5.74, 6) is 0. The van der Waals surface area contributed by atoms with Gasteiger partial charge in [-0.05, 0) is 19.4 Å². The van der Waals surface area contributed by atoms with Crippen LogP contribution in [0.3, 0.4) is 0 Å². The lowest BCUT2D eigenvalue weighted by Gasteiger charge is -2.46. The Labute approximate surface area is 147 Å². The Balaban J connectivity index is 1.85. The van der Waals surface area contributed by atoms with Crippen molar-refractivity contribution in [2.75, 3.05) is 33.2 Å². The van der Waals surface area contributed by atoms with E-state index >= 15 is 0 Å². The molecule has 0 bridgehead atoms. The first-order valence-electron chi connectivity index (χ1n) is 9.33. The van der Waals surface area contributed by atoms with Crippen molar-refractivity contribution in [1.82, 2.24) is 0 Å². The van der Waals surface area contributed by atoms with Gasteiger partial charge in [-0.25, -0.2) is 0 Å². The van der Waals surface area contributed by atoms with Gasteiger partial charge in [0.25, 0.3) is 0 Å². The Morgan fingerprint density at radius 3 is 1.79 bits per heavy atom. The third-order valence-corrected chi connectivity index (χ3v) is 11.0. The summed E-state index contributed by atoms with van der Waals surface area (Å²) in [6, 6.07) is 25.4. The fraction of sp³-hybridized carbons (Fsp3) is 0.429. The quantitative estimate of drug-likeness (QED) is 0.488. The second-order valence-corrected chi connectivity index (χ2v) is 11.9. The van der Waals surface area contributed by atoms with E-state index in [4.69, 9.17) is 5.73 Å². The highest BCUT2D eigenvalue weighted by atomic mass is 28.3. The predicted octanol–water partition coefficient (Wildman–Crippen LogP) is 2.45. The lowest BCUT2D eigenvalue weighted by Crippen LogP contribution is -2.66. The van der Waals surface area contributed by atoms with Gasteiger partial charge in [-0.3, -0.25) is 0 Å². The van der Waals surface area contributed by atoms with Crippen molar-refractivity contribution in [1.29, 1.82) is 0 Å². The molecule has 1 saturated heterocycles. The lowest BCUT2D eigenvalue weighted by molar-refractivity contribution is -0.907. The summed E-state index contributed by atoms with van der Waals surface area (Å²) >= 11 is 0. The SMILES string of the molecule is C[N+]1(CCCCN)CC[Si](c2ccccc2)(c2ccccc2)CC1. The molecule has 1 heterocycles. The molecule has 3 heteroatoms. The Bertz CT molecular complexity index is 577. The number of hydrogen-bond acceptors (Lipinski definition) is 1. The highest BCUT2D eigenvalue weighted by Crippen LogP contribution is 2.27. The van der Waals surface area contributed by atoms with Crippen molar-refractivity contribution >= 4 is 18.4 Å². The molecule has 2 N–H and O–H groups in total. The molecule has 0 spiro atoms. The maximum absolute atomic E-state index is 5.68. The van der Waals surface area contributed by atoms with Crippen LogP contribution in [0, 0.1) is 0 Å². The topological polar surface area (TPSA) is 26.0 Å². The van der Waals surface area contributed by atoms with Crippen molar-refractivity contribution < 1.29 is 4.48 Å². The van der Waals surface area contributed by atoms with E-state index < -0.39 is 8.07 Å². The normalized spacial score (nSPS) is 19.1. The fourth-order valence-electron chi connectivity index (χ4n) is 4.28. The van der Waals surface area contributed by atoms with Crippen LogP contribution in [-0.2, 0) is 0 Å². The van der Waals surface area contributed by atoms with Gasteiger partial charge >= 0.3 is 0 Å². The van der Waals surface area contributed by atoms with Gasteiger partial charge in [0.05, 0.1) is 26.7 Å². The van der Waals surface area contributed by atoms with Crippen molar-refractivity contribution in [2.24, 2.45) is 5.73 Å². The summed E-state index contributed by atoms with van der Waals surface area (Å²) in [4.78, 5) is 0. The molecule has 2 aromatic carbocycles. The average molecular weight is 340 g/mol. The molecule has 3 rings (SSSR count). The molecular weight excluding hydrogens is 308 g/mol. The van der Waals surface area contributed by atoms with Gasteiger partial charge in [0.15, 0.2) is 0 Å². The molecule has 0 amide bonds. The minimum absolute atomic E-state index is 0.826. The van der Waals surface area contributed by atoms with Gasteiger partial charge < -0.3 is 10.2 Å². The maximum Gasteiger partial charge on any atom is 0.129 e. The van der Waals surface area contributed by atoms with Crippen LogP contribution in [-0.4, -0.2) is 45.8 Å². The number of benzene rings is 2. The van der Waals surface area contributed by atoms with Crippen LogP contribution in [0.15, 0.2) is 60.7 Å². The van der Waals surface area contributed by atoms with Crippen LogP contribution in [0.2, 0.25) is 12.1 Å². The largest absolute Gasteiger partial charge is 0.330 e. The zero-order valence-corrected chi connectivity index (χ0v) is 16.0. The lowest BCUT2D eigenvalue weighted by atomic mass is 10.2. The fourth-order valence-corrected chi connectivity index (χ4v) is 9.52. The molecule has 0 atom stereocenters. The van der Waals surface area contributed by atoms with Gasteiger partial charge in [0, 0.05) is 12.1 Å². The smallest absolute Gasteiger partial charge is 0.129 e. The molecule has 1 aliphatic heterocycles. The first kappa shape index (κ1) is 17.4. The van der Waals surface area contributed by atoms with E-state index in [0.29, 0.717) is 0 Å². The van der Waals surface area contributed by atoms with Gasteiger partial charge in [-0.2, -0.15) is 0 Å². The van der Waals surface area contributed by atoms with E-state index in [2.05, 4.69) is 67.7 Å². The highest BCUT2D eigenvalue weighted by Gasteiger charge is 2.44. The maximum atomic E-state index is 5.68. The van der Waals surface area contributed by atoms with Crippen molar-refractivity contribution in [3.8, 4) is 0 Å². The molecule has 0 aliphatic carbocycles. The van der Waals surface area contributed by atoms with Gasteiger partial charge in [0.2, 0.25) is 0 Å². The Morgan fingerprint density at radius 1 is 0.833 bits per heavy atom. The van der Waals surface area contributed by atoms with Crippen LogP contribution in [0.5, 0.6) is 0 Å². The molecular formula is C21H31N2Si+. The summed E-state index contributed by atoms with van der Waals surface area (Å²) in [7, 11) is 0.838. The van der Waals surface area contributed by atoms with Crippen LogP contribution in [0.1, 0.15) is 12.8 Å². The van der Waals surface area contributed by atoms with Crippen molar-refractivity contribution in [2.45, 2.75) is 24.9 Å². The highest BCUT2D eigenvalue weighted by molar-refractivity contribution is 7.02. The first-order valence-corrected chi connectivity index (χ1v) is 11.7. The Hall–Kier alpha value is -1.42. The minimum atomic E-state index is -1.61. The summed E-state index contributed by atoms with van der Waals surface area (Å²) in [6.45, 7) is 4.72. The zero-order chi connectivity index (χ0) is 16.9. The summed E-state index contributed by atoms with van der Waals surface area (Å²) < 4.78 is 1.23. The van der Waals surface area contributed by atoms with Gasteiger partial charge in [0.1, 0.15) is 8.07 Å². The third-order valence-electron chi connectivity index (χ3n) is 5.96. The van der Waals surface area contributed by atoms with Crippen LogP contribution in [0.25, 0.3) is 0 Å². The van der Waals surface area contributed by atoms with Crippen molar-refractivity contribution in [3.05, 3.63) is 60.7 Å². The second-order valence-electron chi connectivity index (χ2n) is 7.60. The molecule has 0 saturated carbocycles. The van der Waals surface area contributed by atoms with Crippen LogP contribution in [0.4, 0.5) is 0 Å². The predicted molar refractivity (Wildman–Crippen MR) is 107 cm³/mol. The number of nitrogens with two attached hydrogens (primary N) is 1. The number of rotatable bonds is 6. The Kier molecular flexibility index (Phi) is 5.54. The molecule has 1 aliphatic rings. The molecule has 2 nitrogen and oxygen atoms in total. The van der Waals surface area contributed by atoms with Crippen LogP contribution >= 0.6 is 0 Å². The van der Waals surface area contributed by atoms with Crippen molar-refractivity contribution in [3.63, 3.8) is 0 Å². The van der Waals surface area contributed by atoms with E-state index in [1.165, 1.54) is 42.6 Å². The Morgan fingerprint density at radius 2 is 1.33 bits per heavy atom. The number of quaternary nitrogens is 1. The molecule has 1 fully saturated rings. The van der Waals surface area contributed by atoms with Crippen LogP contribution < -0.4 is 16.1 Å². The second kappa shape index (κ2) is 7.64. The standard InChI is InChI=1S/C21H31N2Si/c1-23(15-9-8-14-22)16-18-24(19-17-23,20-10-4-2-5-11-20)21-12-6-3-7-13-21/h2-7,10-13H,8-9,14-19,22H2,1H3/q+1. The summed E-state index contributed by atoms with van der Waals surface area (Å²) in [5, 5.41) is 3.23. The van der Waals surface area contributed by atoms with Gasteiger partial charge in [-0.15, -0.1) is 0 Å². The molecule has 0 unspecified atom stereocenters. The van der Waals surface area contributed by atoms with E-state index in [1.54, 1.807) is 10.4 Å². The molecule has 0 aromatic heterocycles. The van der Waals surface area contributed by atoms with E-state index in [9.17, 15) is 0 Å². The average Bonchev–Trinajstić information content (AvgIpc) is 2.64. The minimum Gasteiger partial charge on any atom is -0.330 e. The number of unbranched alkanes of at least 4 members (excludes halogenated alkanes) is 1. The molecule has 0 radical (unpaired) electrons.